The molecule has 102 valence electrons. The summed E-state index contributed by atoms with van der Waals surface area (Å²) in [6.45, 7) is 0. The van der Waals surface area contributed by atoms with E-state index in [1.165, 1.54) is 42.5 Å². The number of hydrogen-bond donors (Lipinski definition) is 0. The van der Waals surface area contributed by atoms with Crippen LogP contribution in [-0.2, 0) is 11.0 Å². The van der Waals surface area contributed by atoms with Crippen LogP contribution in [0.4, 0.5) is 18.9 Å². The maximum absolute atomic E-state index is 12.5. The Morgan fingerprint density at radius 3 is 2.30 bits per heavy atom. The van der Waals surface area contributed by atoms with Gasteiger partial charge in [-0.2, -0.15) is 18.2 Å². The van der Waals surface area contributed by atoms with Gasteiger partial charge in [-0.1, -0.05) is 6.07 Å². The molecule has 0 saturated carbocycles. The Morgan fingerprint density at radius 1 is 1.00 bits per heavy atom. The minimum Gasteiger partial charge on any atom is -0.457 e. The molecule has 0 aliphatic rings. The molecule has 0 radical (unpaired) electrons. The number of isocyanates is 1. The number of halogens is 3. The van der Waals surface area contributed by atoms with E-state index in [-0.39, 0.29) is 5.75 Å². The Labute approximate surface area is 112 Å². The zero-order valence-corrected chi connectivity index (χ0v) is 10.0. The normalized spacial score (nSPS) is 10.8. The number of aliphatic imine (C=N–C) groups is 1. The molecule has 0 unspecified atom stereocenters. The van der Waals surface area contributed by atoms with Crippen LogP contribution in [0.25, 0.3) is 0 Å². The Kier molecular flexibility index (Phi) is 3.86. The first-order valence-corrected chi connectivity index (χ1v) is 5.52. The van der Waals surface area contributed by atoms with Crippen LogP contribution in [0.2, 0.25) is 0 Å². The minimum atomic E-state index is -4.41. The van der Waals surface area contributed by atoms with E-state index < -0.39 is 11.7 Å². The Morgan fingerprint density at radius 2 is 1.70 bits per heavy atom. The molecule has 2 aromatic carbocycles. The number of rotatable bonds is 3. The molecule has 0 heterocycles. The molecule has 0 aliphatic carbocycles. The highest BCUT2D eigenvalue weighted by Crippen LogP contribution is 2.32. The van der Waals surface area contributed by atoms with E-state index in [2.05, 4.69) is 4.99 Å². The molecule has 0 spiro atoms. The fourth-order valence-electron chi connectivity index (χ4n) is 1.51. The summed E-state index contributed by atoms with van der Waals surface area (Å²) in [6, 6.07) is 10.6. The van der Waals surface area contributed by atoms with Crippen LogP contribution in [-0.4, -0.2) is 6.08 Å². The smallest absolute Gasteiger partial charge is 0.416 e. The van der Waals surface area contributed by atoms with E-state index >= 15 is 0 Å². The fourth-order valence-corrected chi connectivity index (χ4v) is 1.51. The molecule has 0 aliphatic heterocycles. The lowest BCUT2D eigenvalue weighted by Crippen LogP contribution is -2.04. The molecule has 2 rings (SSSR count). The minimum absolute atomic E-state index is 0.0754. The molecular formula is C14H8F3NO2. The molecule has 0 fully saturated rings. The van der Waals surface area contributed by atoms with Gasteiger partial charge in [0.2, 0.25) is 6.08 Å². The van der Waals surface area contributed by atoms with Gasteiger partial charge in [0, 0.05) is 0 Å². The maximum Gasteiger partial charge on any atom is 0.416 e. The molecule has 0 N–H and O–H groups in total. The van der Waals surface area contributed by atoms with Gasteiger partial charge in [-0.05, 0) is 42.5 Å². The van der Waals surface area contributed by atoms with Gasteiger partial charge in [0.25, 0.3) is 0 Å². The third kappa shape index (κ3) is 3.46. The second kappa shape index (κ2) is 5.59. The van der Waals surface area contributed by atoms with Crippen LogP contribution in [0, 0.1) is 0 Å². The van der Waals surface area contributed by atoms with Crippen molar-refractivity contribution in [2.75, 3.05) is 0 Å². The van der Waals surface area contributed by atoms with Crippen LogP contribution in [0.15, 0.2) is 53.5 Å². The summed E-state index contributed by atoms with van der Waals surface area (Å²) < 4.78 is 42.9. The van der Waals surface area contributed by atoms with Crippen molar-refractivity contribution in [3.8, 4) is 11.5 Å². The highest BCUT2D eigenvalue weighted by Gasteiger charge is 2.30. The zero-order chi connectivity index (χ0) is 14.6. The van der Waals surface area contributed by atoms with Crippen molar-refractivity contribution in [1.29, 1.82) is 0 Å². The molecule has 3 nitrogen and oxygen atoms in total. The van der Waals surface area contributed by atoms with Crippen LogP contribution in [0.5, 0.6) is 11.5 Å². The Hall–Kier alpha value is -2.59. The Balaban J connectivity index is 2.19. The van der Waals surface area contributed by atoms with Gasteiger partial charge in [0.1, 0.15) is 11.5 Å². The number of nitrogens with zero attached hydrogens (tertiary/aromatic N) is 1. The van der Waals surface area contributed by atoms with Crippen molar-refractivity contribution in [2.24, 2.45) is 4.99 Å². The summed E-state index contributed by atoms with van der Waals surface area (Å²) in [4.78, 5) is 13.4. The number of benzene rings is 2. The summed E-state index contributed by atoms with van der Waals surface area (Å²) in [7, 11) is 0. The topological polar surface area (TPSA) is 38.7 Å². The molecule has 20 heavy (non-hydrogen) atoms. The van der Waals surface area contributed by atoms with E-state index in [0.717, 1.165) is 12.1 Å². The van der Waals surface area contributed by atoms with Crippen molar-refractivity contribution < 1.29 is 22.7 Å². The monoisotopic (exact) mass is 279 g/mol. The molecule has 0 bridgehead atoms. The van der Waals surface area contributed by atoms with Crippen molar-refractivity contribution >= 4 is 11.8 Å². The van der Waals surface area contributed by atoms with Gasteiger partial charge >= 0.3 is 6.18 Å². The average Bonchev–Trinajstić information content (AvgIpc) is 2.41. The van der Waals surface area contributed by atoms with Gasteiger partial charge in [0.15, 0.2) is 0 Å². The van der Waals surface area contributed by atoms with E-state index in [1.54, 1.807) is 0 Å². The zero-order valence-electron chi connectivity index (χ0n) is 10.0. The molecule has 0 saturated heterocycles. The van der Waals surface area contributed by atoms with E-state index in [9.17, 15) is 18.0 Å². The molecular weight excluding hydrogens is 271 g/mol. The van der Waals surface area contributed by atoms with Gasteiger partial charge in [0.05, 0.1) is 11.3 Å². The van der Waals surface area contributed by atoms with Crippen LogP contribution in [0.1, 0.15) is 5.56 Å². The van der Waals surface area contributed by atoms with Crippen molar-refractivity contribution in [3.05, 3.63) is 54.1 Å². The highest BCUT2D eigenvalue weighted by atomic mass is 19.4. The number of hydrogen-bond acceptors (Lipinski definition) is 3. The molecule has 0 amide bonds. The lowest BCUT2D eigenvalue weighted by atomic mass is 10.2. The van der Waals surface area contributed by atoms with E-state index in [1.807, 2.05) is 0 Å². The first kappa shape index (κ1) is 13.8. The second-order valence-electron chi connectivity index (χ2n) is 3.82. The van der Waals surface area contributed by atoms with Crippen LogP contribution < -0.4 is 4.74 Å². The summed E-state index contributed by atoms with van der Waals surface area (Å²) in [5, 5.41) is 0. The van der Waals surface area contributed by atoms with Crippen molar-refractivity contribution in [2.45, 2.75) is 6.18 Å². The molecule has 2 aromatic rings. The Bertz CT molecular complexity index is 644. The fraction of sp³-hybridized carbons (Fsp3) is 0.0714. The lowest BCUT2D eigenvalue weighted by Gasteiger charge is -2.09. The van der Waals surface area contributed by atoms with Crippen molar-refractivity contribution in [1.82, 2.24) is 0 Å². The molecule has 6 heteroatoms. The molecule has 0 aromatic heterocycles. The second-order valence-corrected chi connectivity index (χ2v) is 3.82. The first-order valence-electron chi connectivity index (χ1n) is 5.52. The number of carbonyl (C=O) groups excluding carboxylic acids is 1. The summed E-state index contributed by atoms with van der Waals surface area (Å²) in [6.07, 6.45) is -3.03. The molecule has 0 atom stereocenters. The van der Waals surface area contributed by atoms with Crippen LogP contribution >= 0.6 is 0 Å². The predicted octanol–water partition coefficient (Wildman–Crippen LogP) is 4.47. The van der Waals surface area contributed by atoms with Crippen LogP contribution in [0.3, 0.4) is 0 Å². The predicted molar refractivity (Wildman–Crippen MR) is 65.7 cm³/mol. The highest BCUT2D eigenvalue weighted by molar-refractivity contribution is 5.50. The third-order valence-electron chi connectivity index (χ3n) is 2.41. The van der Waals surface area contributed by atoms with E-state index in [4.69, 9.17) is 4.74 Å². The lowest BCUT2D eigenvalue weighted by molar-refractivity contribution is -0.137. The van der Waals surface area contributed by atoms with Crippen molar-refractivity contribution in [3.63, 3.8) is 0 Å². The van der Waals surface area contributed by atoms with E-state index in [0.29, 0.717) is 11.4 Å². The quantitative estimate of drug-likeness (QED) is 0.614. The largest absolute Gasteiger partial charge is 0.457 e. The maximum atomic E-state index is 12.5. The summed E-state index contributed by atoms with van der Waals surface area (Å²) >= 11 is 0. The average molecular weight is 279 g/mol. The van der Waals surface area contributed by atoms with Gasteiger partial charge < -0.3 is 4.74 Å². The first-order chi connectivity index (χ1) is 9.49. The van der Waals surface area contributed by atoms with Gasteiger partial charge in [-0.25, -0.2) is 4.79 Å². The standard InChI is InChI=1S/C14H8F3NO2/c15-14(16,17)10-2-1-3-13(8-10)20-12-6-4-11(5-7-12)18-9-19/h1-8H. The number of alkyl halides is 3. The number of ether oxygens (including phenoxy) is 1. The summed E-state index contributed by atoms with van der Waals surface area (Å²) in [5.41, 5.74) is -0.395. The summed E-state index contributed by atoms with van der Waals surface area (Å²) in [5.74, 6) is 0.417. The third-order valence-corrected chi connectivity index (χ3v) is 2.41. The van der Waals surface area contributed by atoms with Gasteiger partial charge in [-0.3, -0.25) is 0 Å². The SMILES string of the molecule is O=C=Nc1ccc(Oc2cccc(C(F)(F)F)c2)cc1. The van der Waals surface area contributed by atoms with Gasteiger partial charge in [-0.15, -0.1) is 0 Å².